The largest absolute Gasteiger partial charge is 0.389 e. The predicted molar refractivity (Wildman–Crippen MR) is 45.6 cm³/mol. The lowest BCUT2D eigenvalue weighted by molar-refractivity contribution is 0.134. The molecule has 0 aromatic heterocycles. The fourth-order valence-corrected chi connectivity index (χ4v) is 1.45. The van der Waals surface area contributed by atoms with Crippen molar-refractivity contribution in [2.45, 2.75) is 26.2 Å². The van der Waals surface area contributed by atoms with Crippen LogP contribution in [0.1, 0.15) is 29.7 Å². The third-order valence-corrected chi connectivity index (χ3v) is 2.23. The highest BCUT2D eigenvalue weighted by Crippen LogP contribution is 2.23. The standard InChI is InChI=1S/C10H12O2/c1-7(11)8-2-3-9-5-12-6-10(9)4-8/h2-4,7,11H,5-6H2,1H3/t7-/m1/s1. The number of fused-ring (bicyclic) bond motifs is 1. The molecule has 0 saturated carbocycles. The minimum absolute atomic E-state index is 0.379. The molecule has 64 valence electrons. The van der Waals surface area contributed by atoms with E-state index in [9.17, 15) is 5.11 Å². The molecule has 1 heterocycles. The summed E-state index contributed by atoms with van der Waals surface area (Å²) in [5.41, 5.74) is 3.44. The van der Waals surface area contributed by atoms with Crippen LogP contribution in [0.3, 0.4) is 0 Å². The molecule has 2 nitrogen and oxygen atoms in total. The number of rotatable bonds is 1. The molecule has 12 heavy (non-hydrogen) atoms. The van der Waals surface area contributed by atoms with Crippen LogP contribution in [0.4, 0.5) is 0 Å². The lowest BCUT2D eigenvalue weighted by atomic mass is 10.0. The van der Waals surface area contributed by atoms with Crippen LogP contribution >= 0.6 is 0 Å². The van der Waals surface area contributed by atoms with Gasteiger partial charge in [-0.25, -0.2) is 0 Å². The Kier molecular flexibility index (Phi) is 1.87. The molecule has 0 fully saturated rings. The summed E-state index contributed by atoms with van der Waals surface area (Å²) in [6.07, 6.45) is -0.379. The van der Waals surface area contributed by atoms with Gasteiger partial charge >= 0.3 is 0 Å². The fraction of sp³-hybridized carbons (Fsp3) is 0.400. The second-order valence-corrected chi connectivity index (χ2v) is 3.20. The minimum atomic E-state index is -0.379. The van der Waals surface area contributed by atoms with Crippen LogP contribution in [0.5, 0.6) is 0 Å². The van der Waals surface area contributed by atoms with Crippen LogP contribution in [0.15, 0.2) is 18.2 Å². The van der Waals surface area contributed by atoms with E-state index >= 15 is 0 Å². The van der Waals surface area contributed by atoms with Crippen molar-refractivity contribution >= 4 is 0 Å². The summed E-state index contributed by atoms with van der Waals surface area (Å²) >= 11 is 0. The number of hydrogen-bond acceptors (Lipinski definition) is 2. The topological polar surface area (TPSA) is 29.5 Å². The zero-order valence-electron chi connectivity index (χ0n) is 7.08. The van der Waals surface area contributed by atoms with Gasteiger partial charge in [-0.2, -0.15) is 0 Å². The van der Waals surface area contributed by atoms with Crippen LogP contribution in [0, 0.1) is 0 Å². The number of benzene rings is 1. The molecule has 0 radical (unpaired) electrons. The van der Waals surface area contributed by atoms with Crippen LogP contribution in [-0.4, -0.2) is 5.11 Å². The van der Waals surface area contributed by atoms with Gasteiger partial charge in [0.05, 0.1) is 19.3 Å². The second-order valence-electron chi connectivity index (χ2n) is 3.20. The third kappa shape index (κ3) is 1.24. The van der Waals surface area contributed by atoms with E-state index < -0.39 is 0 Å². The van der Waals surface area contributed by atoms with Gasteiger partial charge in [0.15, 0.2) is 0 Å². The molecule has 1 aromatic rings. The lowest BCUT2D eigenvalue weighted by Crippen LogP contribution is -1.92. The normalized spacial score (nSPS) is 17.5. The van der Waals surface area contributed by atoms with Crippen LogP contribution < -0.4 is 0 Å². The first-order valence-corrected chi connectivity index (χ1v) is 4.15. The maximum atomic E-state index is 9.31. The van der Waals surface area contributed by atoms with Crippen molar-refractivity contribution in [2.75, 3.05) is 0 Å². The Balaban J connectivity index is 2.39. The van der Waals surface area contributed by atoms with Gasteiger partial charge in [0.25, 0.3) is 0 Å². The Labute approximate surface area is 71.8 Å². The number of aliphatic hydroxyl groups excluding tert-OH is 1. The van der Waals surface area contributed by atoms with Crippen molar-refractivity contribution in [3.8, 4) is 0 Å². The minimum Gasteiger partial charge on any atom is -0.389 e. The quantitative estimate of drug-likeness (QED) is 0.685. The van der Waals surface area contributed by atoms with Crippen molar-refractivity contribution in [1.82, 2.24) is 0 Å². The Hall–Kier alpha value is -0.860. The highest BCUT2D eigenvalue weighted by molar-refractivity contribution is 5.33. The SMILES string of the molecule is C[C@@H](O)c1ccc2c(c1)COC2. The average molecular weight is 164 g/mol. The predicted octanol–water partition coefficient (Wildman–Crippen LogP) is 1.77. The zero-order valence-corrected chi connectivity index (χ0v) is 7.08. The van der Waals surface area contributed by atoms with Gasteiger partial charge in [0.2, 0.25) is 0 Å². The summed E-state index contributed by atoms with van der Waals surface area (Å²) < 4.78 is 5.27. The van der Waals surface area contributed by atoms with E-state index in [0.717, 1.165) is 12.2 Å². The molecular formula is C10H12O2. The van der Waals surface area contributed by atoms with E-state index in [1.165, 1.54) is 11.1 Å². The summed E-state index contributed by atoms with van der Waals surface area (Å²) in [7, 11) is 0. The molecule has 2 heteroatoms. The zero-order chi connectivity index (χ0) is 8.55. The molecular weight excluding hydrogens is 152 g/mol. The van der Waals surface area contributed by atoms with E-state index in [0.29, 0.717) is 6.61 Å². The molecule has 0 aliphatic carbocycles. The van der Waals surface area contributed by atoms with Crippen LogP contribution in [-0.2, 0) is 18.0 Å². The molecule has 0 amide bonds. The monoisotopic (exact) mass is 164 g/mol. The van der Waals surface area contributed by atoms with E-state index in [-0.39, 0.29) is 6.10 Å². The number of hydrogen-bond donors (Lipinski definition) is 1. The van der Waals surface area contributed by atoms with Gasteiger partial charge in [-0.05, 0) is 23.6 Å². The molecule has 0 unspecified atom stereocenters. The van der Waals surface area contributed by atoms with Crippen molar-refractivity contribution in [2.24, 2.45) is 0 Å². The van der Waals surface area contributed by atoms with E-state index in [4.69, 9.17) is 4.74 Å². The summed E-state index contributed by atoms with van der Waals surface area (Å²) in [4.78, 5) is 0. The molecule has 0 spiro atoms. The summed E-state index contributed by atoms with van der Waals surface area (Å²) in [6.45, 7) is 3.18. The number of ether oxygens (including phenoxy) is 1. The van der Waals surface area contributed by atoms with Gasteiger partial charge in [-0.1, -0.05) is 18.2 Å². The second kappa shape index (κ2) is 2.88. The molecule has 0 saturated heterocycles. The molecule has 1 aliphatic rings. The Bertz CT molecular complexity index is 292. The summed E-state index contributed by atoms with van der Waals surface area (Å²) in [6, 6.07) is 6.01. The number of aliphatic hydroxyl groups is 1. The molecule has 1 N–H and O–H groups in total. The highest BCUT2D eigenvalue weighted by atomic mass is 16.5. The van der Waals surface area contributed by atoms with Gasteiger partial charge < -0.3 is 9.84 Å². The maximum absolute atomic E-state index is 9.31. The van der Waals surface area contributed by atoms with Crippen LogP contribution in [0.2, 0.25) is 0 Å². The Morgan fingerprint density at radius 1 is 1.33 bits per heavy atom. The van der Waals surface area contributed by atoms with Gasteiger partial charge in [0, 0.05) is 0 Å². The van der Waals surface area contributed by atoms with E-state index in [2.05, 4.69) is 0 Å². The molecule has 1 aliphatic heterocycles. The van der Waals surface area contributed by atoms with Crippen molar-refractivity contribution < 1.29 is 9.84 Å². The van der Waals surface area contributed by atoms with Gasteiger partial charge in [0.1, 0.15) is 0 Å². The van der Waals surface area contributed by atoms with Crippen molar-refractivity contribution in [3.05, 3.63) is 34.9 Å². The first-order valence-electron chi connectivity index (χ1n) is 4.15. The van der Waals surface area contributed by atoms with Crippen molar-refractivity contribution in [1.29, 1.82) is 0 Å². The maximum Gasteiger partial charge on any atom is 0.0762 e. The summed E-state index contributed by atoms with van der Waals surface area (Å²) in [5.74, 6) is 0. The fourth-order valence-electron chi connectivity index (χ4n) is 1.45. The first kappa shape index (κ1) is 7.77. The average Bonchev–Trinajstić information content (AvgIpc) is 2.49. The molecule has 1 aromatic carbocycles. The highest BCUT2D eigenvalue weighted by Gasteiger charge is 2.12. The van der Waals surface area contributed by atoms with Gasteiger partial charge in [-0.3, -0.25) is 0 Å². The molecule has 0 bridgehead atoms. The molecule has 2 rings (SSSR count). The Morgan fingerprint density at radius 2 is 2.08 bits per heavy atom. The summed E-state index contributed by atoms with van der Waals surface area (Å²) in [5, 5.41) is 9.31. The smallest absolute Gasteiger partial charge is 0.0762 e. The van der Waals surface area contributed by atoms with Crippen molar-refractivity contribution in [3.63, 3.8) is 0 Å². The van der Waals surface area contributed by atoms with E-state index in [1.807, 2.05) is 18.2 Å². The Morgan fingerprint density at radius 3 is 2.83 bits per heavy atom. The lowest BCUT2D eigenvalue weighted by Gasteiger charge is -2.05. The molecule has 1 atom stereocenters. The van der Waals surface area contributed by atoms with E-state index in [1.54, 1.807) is 6.92 Å². The first-order chi connectivity index (χ1) is 5.77. The third-order valence-electron chi connectivity index (χ3n) is 2.23. The van der Waals surface area contributed by atoms with Gasteiger partial charge in [-0.15, -0.1) is 0 Å². The van der Waals surface area contributed by atoms with Crippen LogP contribution in [0.25, 0.3) is 0 Å².